The number of hydrogen-bond donors (Lipinski definition) is 1. The van der Waals surface area contributed by atoms with Gasteiger partial charge in [0.25, 0.3) is 5.91 Å². The first-order valence-corrected chi connectivity index (χ1v) is 9.72. The number of esters is 1. The van der Waals surface area contributed by atoms with Crippen LogP contribution in [0.3, 0.4) is 0 Å². The van der Waals surface area contributed by atoms with Crippen LogP contribution in [-0.2, 0) is 14.3 Å². The minimum absolute atomic E-state index is 0.0807. The van der Waals surface area contributed by atoms with Gasteiger partial charge in [-0.05, 0) is 79.9 Å². The molecule has 0 unspecified atom stereocenters. The lowest BCUT2D eigenvalue weighted by molar-refractivity contribution is -0.142. The number of benzene rings is 2. The number of ether oxygens (including phenoxy) is 3. The van der Waals surface area contributed by atoms with Gasteiger partial charge in [-0.2, -0.15) is 5.26 Å². The SMILES string of the molecule is COC(=O)COc1c(Br)cc(/C=C(/C#N)C(=O)Nc2ccc(OC)cc2)cc1Br. The van der Waals surface area contributed by atoms with Crippen LogP contribution >= 0.6 is 31.9 Å². The van der Waals surface area contributed by atoms with Gasteiger partial charge in [0.05, 0.1) is 23.2 Å². The van der Waals surface area contributed by atoms with Crippen LogP contribution in [0.5, 0.6) is 11.5 Å². The van der Waals surface area contributed by atoms with E-state index >= 15 is 0 Å². The molecular formula is C20H16Br2N2O5. The Morgan fingerprint density at radius 3 is 2.28 bits per heavy atom. The van der Waals surface area contributed by atoms with Crippen molar-refractivity contribution in [2.24, 2.45) is 0 Å². The first-order valence-electron chi connectivity index (χ1n) is 8.13. The number of carbonyl (C=O) groups is 2. The molecule has 150 valence electrons. The summed E-state index contributed by atoms with van der Waals surface area (Å²) < 4.78 is 16.1. The van der Waals surface area contributed by atoms with Crippen molar-refractivity contribution < 1.29 is 23.8 Å². The van der Waals surface area contributed by atoms with Crippen molar-refractivity contribution in [3.8, 4) is 17.6 Å². The highest BCUT2D eigenvalue weighted by atomic mass is 79.9. The highest BCUT2D eigenvalue weighted by Gasteiger charge is 2.14. The number of halogens is 2. The lowest BCUT2D eigenvalue weighted by Crippen LogP contribution is -2.13. The normalized spacial score (nSPS) is 10.7. The second-order valence-corrected chi connectivity index (χ2v) is 7.24. The third-order valence-electron chi connectivity index (χ3n) is 3.61. The maximum atomic E-state index is 12.4. The fourth-order valence-electron chi connectivity index (χ4n) is 2.18. The summed E-state index contributed by atoms with van der Waals surface area (Å²) in [4.78, 5) is 23.7. The molecule has 0 atom stereocenters. The van der Waals surface area contributed by atoms with Crippen LogP contribution in [0.1, 0.15) is 5.56 Å². The Balaban J connectivity index is 2.19. The van der Waals surface area contributed by atoms with E-state index in [4.69, 9.17) is 9.47 Å². The van der Waals surface area contributed by atoms with Crippen molar-refractivity contribution in [1.82, 2.24) is 0 Å². The molecule has 2 aromatic rings. The summed E-state index contributed by atoms with van der Waals surface area (Å²) in [7, 11) is 2.82. The third-order valence-corrected chi connectivity index (χ3v) is 4.78. The van der Waals surface area contributed by atoms with Gasteiger partial charge in [-0.25, -0.2) is 4.79 Å². The lowest BCUT2D eigenvalue weighted by atomic mass is 10.1. The van der Waals surface area contributed by atoms with Crippen molar-refractivity contribution in [2.75, 3.05) is 26.1 Å². The first kappa shape index (κ1) is 22.5. The Bertz CT molecular complexity index is 958. The van der Waals surface area contributed by atoms with Crippen LogP contribution in [0.15, 0.2) is 50.9 Å². The average Bonchev–Trinajstić information content (AvgIpc) is 2.71. The number of hydrogen-bond acceptors (Lipinski definition) is 6. The molecule has 0 spiro atoms. The Labute approximate surface area is 184 Å². The molecule has 7 nitrogen and oxygen atoms in total. The standard InChI is InChI=1S/C20H16Br2N2O5/c1-27-15-5-3-14(4-6-15)24-20(26)13(10-23)7-12-8-16(21)19(17(22)9-12)29-11-18(25)28-2/h3-9H,11H2,1-2H3,(H,24,26)/b13-7-. The van der Waals surface area contributed by atoms with Gasteiger partial charge >= 0.3 is 5.97 Å². The van der Waals surface area contributed by atoms with Crippen LogP contribution < -0.4 is 14.8 Å². The predicted molar refractivity (Wildman–Crippen MR) is 115 cm³/mol. The molecule has 2 rings (SSSR count). The zero-order valence-electron chi connectivity index (χ0n) is 15.5. The number of methoxy groups -OCH3 is 2. The average molecular weight is 524 g/mol. The summed E-state index contributed by atoms with van der Waals surface area (Å²) in [6.07, 6.45) is 1.44. The summed E-state index contributed by atoms with van der Waals surface area (Å²) in [5.41, 5.74) is 1.03. The fourth-order valence-corrected chi connectivity index (χ4v) is 3.63. The largest absolute Gasteiger partial charge is 0.497 e. The van der Waals surface area contributed by atoms with E-state index in [2.05, 4.69) is 41.9 Å². The van der Waals surface area contributed by atoms with E-state index in [0.29, 0.717) is 31.7 Å². The highest BCUT2D eigenvalue weighted by Crippen LogP contribution is 2.35. The van der Waals surface area contributed by atoms with E-state index < -0.39 is 11.9 Å². The van der Waals surface area contributed by atoms with E-state index in [9.17, 15) is 14.9 Å². The van der Waals surface area contributed by atoms with Crippen LogP contribution in [0.2, 0.25) is 0 Å². The van der Waals surface area contributed by atoms with Gasteiger partial charge < -0.3 is 19.5 Å². The van der Waals surface area contributed by atoms with Gasteiger partial charge in [0.15, 0.2) is 6.61 Å². The predicted octanol–water partition coefficient (Wildman–Crippen LogP) is 4.32. The molecule has 1 amide bonds. The molecule has 0 aromatic heterocycles. The molecule has 0 radical (unpaired) electrons. The van der Waals surface area contributed by atoms with Crippen molar-refractivity contribution in [3.63, 3.8) is 0 Å². The molecule has 0 aliphatic heterocycles. The number of nitrogens with one attached hydrogen (secondary N) is 1. The van der Waals surface area contributed by atoms with E-state index in [1.165, 1.54) is 13.2 Å². The Hall–Kier alpha value is -2.83. The van der Waals surface area contributed by atoms with Crippen LogP contribution in [0.4, 0.5) is 5.69 Å². The first-order chi connectivity index (χ1) is 13.9. The van der Waals surface area contributed by atoms with E-state index in [0.717, 1.165) is 0 Å². The molecule has 2 aromatic carbocycles. The van der Waals surface area contributed by atoms with Crippen LogP contribution in [0.25, 0.3) is 6.08 Å². The Morgan fingerprint density at radius 2 is 1.76 bits per heavy atom. The second kappa shape index (κ2) is 10.6. The molecule has 0 bridgehead atoms. The minimum Gasteiger partial charge on any atom is -0.497 e. The molecular weight excluding hydrogens is 508 g/mol. The Morgan fingerprint density at radius 1 is 1.14 bits per heavy atom. The van der Waals surface area contributed by atoms with E-state index in [1.54, 1.807) is 43.5 Å². The van der Waals surface area contributed by atoms with Gasteiger partial charge in [0.1, 0.15) is 23.1 Å². The zero-order chi connectivity index (χ0) is 21.4. The van der Waals surface area contributed by atoms with Crippen LogP contribution in [0, 0.1) is 11.3 Å². The monoisotopic (exact) mass is 522 g/mol. The summed E-state index contributed by atoms with van der Waals surface area (Å²) in [5.74, 6) is -0.0114. The summed E-state index contributed by atoms with van der Waals surface area (Å²) in [5, 5.41) is 12.0. The number of amides is 1. The molecule has 0 fully saturated rings. The molecule has 0 saturated heterocycles. The number of rotatable bonds is 7. The molecule has 29 heavy (non-hydrogen) atoms. The lowest BCUT2D eigenvalue weighted by Gasteiger charge is -2.10. The molecule has 0 saturated carbocycles. The van der Waals surface area contributed by atoms with Crippen LogP contribution in [-0.4, -0.2) is 32.7 Å². The fraction of sp³-hybridized carbons (Fsp3) is 0.150. The van der Waals surface area contributed by atoms with Crippen molar-refractivity contribution in [3.05, 3.63) is 56.5 Å². The van der Waals surface area contributed by atoms with E-state index in [-0.39, 0.29) is 12.2 Å². The third kappa shape index (κ3) is 6.34. The number of anilines is 1. The van der Waals surface area contributed by atoms with Gasteiger partial charge in [-0.15, -0.1) is 0 Å². The summed E-state index contributed by atoms with van der Waals surface area (Å²) in [6.45, 7) is -0.253. The summed E-state index contributed by atoms with van der Waals surface area (Å²) >= 11 is 6.71. The molecule has 0 aliphatic rings. The minimum atomic E-state index is -0.545. The number of nitriles is 1. The Kier molecular flexibility index (Phi) is 8.24. The molecule has 1 N–H and O–H groups in total. The van der Waals surface area contributed by atoms with Crippen molar-refractivity contribution in [1.29, 1.82) is 5.26 Å². The molecule has 0 heterocycles. The van der Waals surface area contributed by atoms with Gasteiger partial charge in [0, 0.05) is 5.69 Å². The zero-order valence-corrected chi connectivity index (χ0v) is 18.7. The maximum absolute atomic E-state index is 12.4. The van der Waals surface area contributed by atoms with Crippen molar-refractivity contribution >= 4 is 55.5 Å². The van der Waals surface area contributed by atoms with E-state index in [1.807, 2.05) is 6.07 Å². The van der Waals surface area contributed by atoms with Gasteiger partial charge in [-0.3, -0.25) is 4.79 Å². The number of carbonyl (C=O) groups excluding carboxylic acids is 2. The quantitative estimate of drug-likeness (QED) is 0.330. The maximum Gasteiger partial charge on any atom is 0.343 e. The smallest absolute Gasteiger partial charge is 0.343 e. The highest BCUT2D eigenvalue weighted by molar-refractivity contribution is 9.11. The topological polar surface area (TPSA) is 97.7 Å². The van der Waals surface area contributed by atoms with Gasteiger partial charge in [0.2, 0.25) is 0 Å². The van der Waals surface area contributed by atoms with Gasteiger partial charge in [-0.1, -0.05) is 0 Å². The second-order valence-electron chi connectivity index (χ2n) is 5.53. The number of nitrogens with zero attached hydrogens (tertiary/aromatic N) is 1. The molecule has 0 aliphatic carbocycles. The molecule has 9 heteroatoms. The summed E-state index contributed by atoms with van der Waals surface area (Å²) in [6, 6.07) is 12.0. The van der Waals surface area contributed by atoms with Crippen molar-refractivity contribution in [2.45, 2.75) is 0 Å².